The zero-order chi connectivity index (χ0) is 28.9. The minimum atomic E-state index is -0.712. The van der Waals surface area contributed by atoms with Crippen LogP contribution in [0.5, 0.6) is 17.2 Å². The Morgan fingerprint density at radius 1 is 0.538 bits per heavy atom. The van der Waals surface area contributed by atoms with E-state index < -0.39 is 23.9 Å². The first-order valence-electron chi connectivity index (χ1n) is 14.6. The van der Waals surface area contributed by atoms with Gasteiger partial charge in [-0.05, 0) is 18.6 Å². The summed E-state index contributed by atoms with van der Waals surface area (Å²) in [4.78, 5) is 47.2. The summed E-state index contributed by atoms with van der Waals surface area (Å²) < 4.78 is 20.6. The molecule has 0 spiro atoms. The monoisotopic (exact) mass is 548 g/mol. The number of carbonyl (C=O) groups excluding carboxylic acids is 4. The quantitative estimate of drug-likeness (QED) is 0.0867. The van der Waals surface area contributed by atoms with Crippen LogP contribution in [-0.2, 0) is 19.1 Å². The van der Waals surface area contributed by atoms with Crippen LogP contribution in [0.2, 0.25) is 0 Å². The van der Waals surface area contributed by atoms with Gasteiger partial charge in [0, 0.05) is 20.8 Å². The predicted molar refractivity (Wildman–Crippen MR) is 150 cm³/mol. The molecule has 39 heavy (non-hydrogen) atoms. The summed E-state index contributed by atoms with van der Waals surface area (Å²) in [5, 5.41) is 0. The fraction of sp³-hybridized carbons (Fsp3) is 0.677. The molecule has 0 radical (unpaired) electrons. The maximum atomic E-state index is 12.6. The molecule has 220 valence electrons. The van der Waals surface area contributed by atoms with Gasteiger partial charge >= 0.3 is 23.9 Å². The normalized spacial score (nSPS) is 10.7. The van der Waals surface area contributed by atoms with Crippen LogP contribution in [0.4, 0.5) is 0 Å². The molecule has 1 aromatic rings. The van der Waals surface area contributed by atoms with Crippen LogP contribution in [0, 0.1) is 0 Å². The van der Waals surface area contributed by atoms with Gasteiger partial charge in [0.05, 0.1) is 12.2 Å². The van der Waals surface area contributed by atoms with E-state index in [9.17, 15) is 19.2 Å². The Bertz CT molecular complexity index is 856. The average molecular weight is 549 g/mol. The molecule has 0 amide bonds. The SMILES string of the molecule is CCCCCCCCCCCCCCCCCCOC(=O)c1cc(OC(C)=O)c(OC(C)=O)c(OC(C)=O)c1. The van der Waals surface area contributed by atoms with Crippen LogP contribution in [0.25, 0.3) is 0 Å². The summed E-state index contributed by atoms with van der Waals surface area (Å²) >= 11 is 0. The standard InChI is InChI=1S/C31H48O8/c1-5-6-7-8-9-10-11-12-13-14-15-16-17-18-19-20-21-36-31(35)27-22-28(37-24(2)32)30(39-26(4)34)29(23-27)38-25(3)33/h22-23H,5-21H2,1-4H3. The zero-order valence-corrected chi connectivity index (χ0v) is 24.4. The van der Waals surface area contributed by atoms with Crippen molar-refractivity contribution in [1.82, 2.24) is 0 Å². The molecule has 0 aliphatic carbocycles. The molecule has 0 aliphatic rings. The van der Waals surface area contributed by atoms with Gasteiger partial charge in [-0.25, -0.2) is 4.79 Å². The van der Waals surface area contributed by atoms with Crippen molar-refractivity contribution >= 4 is 23.9 Å². The molecular formula is C31H48O8. The van der Waals surface area contributed by atoms with Gasteiger partial charge in [0.15, 0.2) is 11.5 Å². The first-order valence-corrected chi connectivity index (χ1v) is 14.6. The minimum absolute atomic E-state index is 0.00916. The molecule has 0 atom stereocenters. The molecule has 0 aromatic heterocycles. The largest absolute Gasteiger partial charge is 0.462 e. The maximum Gasteiger partial charge on any atom is 0.338 e. The first kappa shape index (κ1) is 34.1. The van der Waals surface area contributed by atoms with Crippen molar-refractivity contribution in [2.75, 3.05) is 6.61 Å². The Morgan fingerprint density at radius 2 is 0.897 bits per heavy atom. The number of benzene rings is 1. The number of hydrogen-bond donors (Lipinski definition) is 0. The van der Waals surface area contributed by atoms with Gasteiger partial charge in [-0.2, -0.15) is 0 Å². The molecule has 1 aromatic carbocycles. The molecular weight excluding hydrogens is 500 g/mol. The molecule has 0 aliphatic heterocycles. The first-order chi connectivity index (χ1) is 18.7. The van der Waals surface area contributed by atoms with Gasteiger partial charge in [-0.3, -0.25) is 14.4 Å². The third-order valence-electron chi connectivity index (χ3n) is 6.24. The van der Waals surface area contributed by atoms with E-state index in [1.165, 1.54) is 95.6 Å². The van der Waals surface area contributed by atoms with E-state index in [2.05, 4.69) is 6.92 Å². The Balaban J connectivity index is 2.32. The van der Waals surface area contributed by atoms with Crippen molar-refractivity contribution in [3.63, 3.8) is 0 Å². The second-order valence-electron chi connectivity index (χ2n) is 10.0. The molecule has 1 rings (SSSR count). The highest BCUT2D eigenvalue weighted by atomic mass is 16.6. The maximum absolute atomic E-state index is 12.6. The molecule has 8 nitrogen and oxygen atoms in total. The summed E-state index contributed by atoms with van der Waals surface area (Å²) in [5.41, 5.74) is 0.00916. The summed E-state index contributed by atoms with van der Waals surface area (Å²) in [5.74, 6) is -3.46. The Hall–Kier alpha value is -2.90. The highest BCUT2D eigenvalue weighted by Crippen LogP contribution is 2.39. The zero-order valence-electron chi connectivity index (χ0n) is 24.4. The van der Waals surface area contributed by atoms with Crippen molar-refractivity contribution in [2.45, 2.75) is 130 Å². The van der Waals surface area contributed by atoms with Gasteiger partial charge in [0.1, 0.15) is 0 Å². The predicted octanol–water partition coefficient (Wildman–Crippen LogP) is 7.88. The number of unbranched alkanes of at least 4 members (excludes halogenated alkanes) is 15. The average Bonchev–Trinajstić information content (AvgIpc) is 2.86. The number of ether oxygens (including phenoxy) is 4. The lowest BCUT2D eigenvalue weighted by Gasteiger charge is -2.14. The fourth-order valence-corrected chi connectivity index (χ4v) is 4.30. The van der Waals surface area contributed by atoms with Gasteiger partial charge in [-0.1, -0.05) is 103 Å². The van der Waals surface area contributed by atoms with E-state index in [1.54, 1.807) is 0 Å². The lowest BCUT2D eigenvalue weighted by molar-refractivity contribution is -0.135. The van der Waals surface area contributed by atoms with Crippen LogP contribution in [0.15, 0.2) is 12.1 Å². The summed E-state index contributed by atoms with van der Waals surface area (Å²) in [6.07, 6.45) is 20.1. The van der Waals surface area contributed by atoms with Crippen molar-refractivity contribution in [1.29, 1.82) is 0 Å². The molecule has 0 heterocycles. The third-order valence-corrected chi connectivity index (χ3v) is 6.24. The second kappa shape index (κ2) is 21.0. The van der Waals surface area contributed by atoms with Crippen LogP contribution < -0.4 is 14.2 Å². The van der Waals surface area contributed by atoms with E-state index in [4.69, 9.17) is 18.9 Å². The number of rotatable bonds is 21. The fourth-order valence-electron chi connectivity index (χ4n) is 4.30. The lowest BCUT2D eigenvalue weighted by atomic mass is 10.0. The Labute approximate surface area is 234 Å². The van der Waals surface area contributed by atoms with Crippen LogP contribution in [0.3, 0.4) is 0 Å². The molecule has 0 fully saturated rings. The van der Waals surface area contributed by atoms with E-state index in [0.717, 1.165) is 40.0 Å². The Kier molecular flexibility index (Phi) is 18.4. The molecule has 0 bridgehead atoms. The summed E-state index contributed by atoms with van der Waals surface area (Å²) in [6.45, 7) is 5.96. The topological polar surface area (TPSA) is 105 Å². The molecule has 0 saturated heterocycles. The lowest BCUT2D eigenvalue weighted by Crippen LogP contribution is -2.13. The van der Waals surface area contributed by atoms with E-state index in [1.807, 2.05) is 0 Å². The van der Waals surface area contributed by atoms with Crippen molar-refractivity contribution in [3.8, 4) is 17.2 Å². The van der Waals surface area contributed by atoms with Crippen LogP contribution >= 0.6 is 0 Å². The Morgan fingerprint density at radius 3 is 1.26 bits per heavy atom. The summed E-state index contributed by atoms with van der Waals surface area (Å²) in [7, 11) is 0. The highest BCUT2D eigenvalue weighted by Gasteiger charge is 2.23. The van der Waals surface area contributed by atoms with Crippen LogP contribution in [0.1, 0.15) is 141 Å². The van der Waals surface area contributed by atoms with E-state index >= 15 is 0 Å². The minimum Gasteiger partial charge on any atom is -0.462 e. The molecule has 8 heteroatoms. The van der Waals surface area contributed by atoms with Crippen molar-refractivity contribution < 1.29 is 38.1 Å². The van der Waals surface area contributed by atoms with Gasteiger partial charge < -0.3 is 18.9 Å². The van der Waals surface area contributed by atoms with Crippen molar-refractivity contribution in [2.24, 2.45) is 0 Å². The number of hydrogen-bond acceptors (Lipinski definition) is 8. The summed E-state index contributed by atoms with van der Waals surface area (Å²) in [6, 6.07) is 2.45. The number of esters is 4. The molecule has 0 unspecified atom stereocenters. The van der Waals surface area contributed by atoms with Gasteiger partial charge in [0.25, 0.3) is 0 Å². The number of carbonyl (C=O) groups is 4. The second-order valence-corrected chi connectivity index (χ2v) is 10.0. The molecule has 0 N–H and O–H groups in total. The molecule has 0 saturated carbocycles. The van der Waals surface area contributed by atoms with Gasteiger partial charge in [-0.15, -0.1) is 0 Å². The third kappa shape index (κ3) is 16.6. The van der Waals surface area contributed by atoms with E-state index in [0.29, 0.717) is 0 Å². The van der Waals surface area contributed by atoms with Gasteiger partial charge in [0.2, 0.25) is 5.75 Å². The highest BCUT2D eigenvalue weighted by molar-refractivity contribution is 5.92. The van der Waals surface area contributed by atoms with E-state index in [-0.39, 0.29) is 29.4 Å². The van der Waals surface area contributed by atoms with Crippen molar-refractivity contribution in [3.05, 3.63) is 17.7 Å². The van der Waals surface area contributed by atoms with Crippen LogP contribution in [-0.4, -0.2) is 30.5 Å². The smallest absolute Gasteiger partial charge is 0.338 e.